The highest BCUT2D eigenvalue weighted by Gasteiger charge is 2.11. The lowest BCUT2D eigenvalue weighted by Gasteiger charge is -2.14. The number of methoxy groups -OCH3 is 1. The van der Waals surface area contributed by atoms with E-state index in [-0.39, 0.29) is 0 Å². The molecule has 0 bridgehead atoms. The van der Waals surface area contributed by atoms with Crippen LogP contribution in [0.25, 0.3) is 0 Å². The van der Waals surface area contributed by atoms with Gasteiger partial charge in [-0.3, -0.25) is 0 Å². The first-order chi connectivity index (χ1) is 10.8. The molecule has 3 heteroatoms. The number of benzene rings is 2. The summed E-state index contributed by atoms with van der Waals surface area (Å²) in [4.78, 5) is 0. The van der Waals surface area contributed by atoms with Gasteiger partial charge in [-0.2, -0.15) is 0 Å². The van der Waals surface area contributed by atoms with E-state index in [0.29, 0.717) is 6.61 Å². The number of nitrogens with one attached hydrogen (secondary N) is 1. The van der Waals surface area contributed by atoms with E-state index in [0.717, 1.165) is 43.0 Å². The van der Waals surface area contributed by atoms with Crippen molar-refractivity contribution in [3.8, 4) is 11.5 Å². The summed E-state index contributed by atoms with van der Waals surface area (Å²) in [6.07, 6.45) is 2.18. The van der Waals surface area contributed by atoms with E-state index < -0.39 is 0 Å². The summed E-state index contributed by atoms with van der Waals surface area (Å²) in [5, 5.41) is 3.45. The molecule has 0 amide bonds. The van der Waals surface area contributed by atoms with Gasteiger partial charge in [-0.05, 0) is 73.3 Å². The monoisotopic (exact) mass is 297 g/mol. The molecule has 2 aromatic carbocycles. The van der Waals surface area contributed by atoms with E-state index in [4.69, 9.17) is 9.47 Å². The van der Waals surface area contributed by atoms with Gasteiger partial charge in [-0.15, -0.1) is 0 Å². The second-order valence-corrected chi connectivity index (χ2v) is 5.78. The van der Waals surface area contributed by atoms with Crippen LogP contribution in [0.1, 0.15) is 22.3 Å². The van der Waals surface area contributed by atoms with Crippen LogP contribution in [0.5, 0.6) is 11.5 Å². The number of fused-ring (bicyclic) bond motifs is 1. The Morgan fingerprint density at radius 2 is 1.82 bits per heavy atom. The molecule has 0 fully saturated rings. The van der Waals surface area contributed by atoms with Crippen molar-refractivity contribution in [2.45, 2.75) is 26.4 Å². The zero-order chi connectivity index (χ0) is 15.4. The van der Waals surface area contributed by atoms with Crippen molar-refractivity contribution in [1.82, 2.24) is 5.32 Å². The van der Waals surface area contributed by atoms with Gasteiger partial charge in [0.2, 0.25) is 0 Å². The molecule has 1 aliphatic heterocycles. The van der Waals surface area contributed by atoms with Gasteiger partial charge >= 0.3 is 0 Å². The first-order valence-corrected chi connectivity index (χ1v) is 7.85. The summed E-state index contributed by atoms with van der Waals surface area (Å²) in [6.45, 7) is 4.80. The van der Waals surface area contributed by atoms with Gasteiger partial charge < -0.3 is 14.8 Å². The minimum Gasteiger partial charge on any atom is -0.497 e. The molecular formula is C19H23NO2. The van der Waals surface area contributed by atoms with E-state index in [1.807, 2.05) is 18.2 Å². The molecule has 1 N–H and O–H groups in total. The number of rotatable bonds is 4. The fourth-order valence-electron chi connectivity index (χ4n) is 2.91. The summed E-state index contributed by atoms with van der Waals surface area (Å²) in [5.74, 6) is 1.86. The molecule has 22 heavy (non-hydrogen) atoms. The van der Waals surface area contributed by atoms with Crippen molar-refractivity contribution < 1.29 is 9.47 Å². The summed E-state index contributed by atoms with van der Waals surface area (Å²) < 4.78 is 11.3. The zero-order valence-electron chi connectivity index (χ0n) is 13.3. The largest absolute Gasteiger partial charge is 0.497 e. The number of aryl methyl sites for hydroxylation is 1. The first-order valence-electron chi connectivity index (χ1n) is 7.85. The highest BCUT2D eigenvalue weighted by atomic mass is 16.5. The number of hydrogen-bond acceptors (Lipinski definition) is 3. The Morgan fingerprint density at radius 1 is 1.05 bits per heavy atom. The maximum absolute atomic E-state index is 6.05. The van der Waals surface area contributed by atoms with Crippen LogP contribution < -0.4 is 14.8 Å². The summed E-state index contributed by atoms with van der Waals surface area (Å²) >= 11 is 0. The van der Waals surface area contributed by atoms with Crippen LogP contribution >= 0.6 is 0 Å². The fourth-order valence-corrected chi connectivity index (χ4v) is 2.91. The average molecular weight is 297 g/mol. The molecule has 3 nitrogen and oxygen atoms in total. The fraction of sp³-hybridized carbons (Fsp3) is 0.368. The minimum atomic E-state index is 0.565. The summed E-state index contributed by atoms with van der Waals surface area (Å²) in [6, 6.07) is 12.5. The molecule has 0 saturated heterocycles. The highest BCUT2D eigenvalue weighted by molar-refractivity contribution is 5.43. The van der Waals surface area contributed by atoms with Crippen LogP contribution in [-0.2, 0) is 19.4 Å². The van der Waals surface area contributed by atoms with Gasteiger partial charge in [0, 0.05) is 0 Å². The van der Waals surface area contributed by atoms with Crippen molar-refractivity contribution in [3.63, 3.8) is 0 Å². The number of ether oxygens (including phenoxy) is 2. The molecule has 0 unspecified atom stereocenters. The summed E-state index contributed by atoms with van der Waals surface area (Å²) in [7, 11) is 1.69. The predicted octanol–water partition coefficient (Wildman–Crippen LogP) is 3.27. The summed E-state index contributed by atoms with van der Waals surface area (Å²) in [5.41, 5.74) is 5.20. The van der Waals surface area contributed by atoms with Crippen molar-refractivity contribution in [1.29, 1.82) is 0 Å². The van der Waals surface area contributed by atoms with Gasteiger partial charge in [0.25, 0.3) is 0 Å². The molecule has 116 valence electrons. The second kappa shape index (κ2) is 6.84. The van der Waals surface area contributed by atoms with Crippen molar-refractivity contribution in [3.05, 3.63) is 58.7 Å². The molecular weight excluding hydrogens is 274 g/mol. The van der Waals surface area contributed by atoms with Crippen LogP contribution in [0.4, 0.5) is 0 Å². The van der Waals surface area contributed by atoms with E-state index in [9.17, 15) is 0 Å². The van der Waals surface area contributed by atoms with Gasteiger partial charge in [-0.1, -0.05) is 18.2 Å². The average Bonchev–Trinajstić information content (AvgIpc) is 2.77. The molecule has 0 saturated carbocycles. The molecule has 3 rings (SSSR count). The van der Waals surface area contributed by atoms with Crippen LogP contribution in [-0.4, -0.2) is 20.2 Å². The van der Waals surface area contributed by atoms with Crippen LogP contribution in [0.3, 0.4) is 0 Å². The zero-order valence-corrected chi connectivity index (χ0v) is 13.3. The van der Waals surface area contributed by atoms with Gasteiger partial charge in [0.1, 0.15) is 18.1 Å². The molecule has 0 aliphatic carbocycles. The van der Waals surface area contributed by atoms with Crippen molar-refractivity contribution in [2.24, 2.45) is 0 Å². The third-order valence-electron chi connectivity index (χ3n) is 4.17. The van der Waals surface area contributed by atoms with Crippen LogP contribution in [0.2, 0.25) is 0 Å². The standard InChI is InChI=1S/C19H23NO2/c1-14-10-16-6-8-20-9-7-17(16)12-19(14)22-13-15-4-3-5-18(11-15)21-2/h3-5,10-12,20H,6-9,13H2,1-2H3. The van der Waals surface area contributed by atoms with Crippen LogP contribution in [0, 0.1) is 6.92 Å². The minimum absolute atomic E-state index is 0.565. The smallest absolute Gasteiger partial charge is 0.123 e. The normalized spacial score (nSPS) is 14.1. The third kappa shape index (κ3) is 3.42. The lowest BCUT2D eigenvalue weighted by Crippen LogP contribution is -2.16. The van der Waals surface area contributed by atoms with Crippen molar-refractivity contribution >= 4 is 0 Å². The van der Waals surface area contributed by atoms with E-state index >= 15 is 0 Å². The maximum Gasteiger partial charge on any atom is 0.123 e. The topological polar surface area (TPSA) is 30.5 Å². The lowest BCUT2D eigenvalue weighted by molar-refractivity contribution is 0.302. The molecule has 2 aromatic rings. The Kier molecular flexibility index (Phi) is 4.64. The first kappa shape index (κ1) is 14.9. The molecule has 0 spiro atoms. The van der Waals surface area contributed by atoms with E-state index in [1.54, 1.807) is 7.11 Å². The molecule has 1 aliphatic rings. The Bertz CT molecular complexity index is 652. The Hall–Kier alpha value is -2.00. The Morgan fingerprint density at radius 3 is 2.59 bits per heavy atom. The van der Waals surface area contributed by atoms with Crippen molar-refractivity contribution in [2.75, 3.05) is 20.2 Å². The quantitative estimate of drug-likeness (QED) is 0.939. The van der Waals surface area contributed by atoms with E-state index in [2.05, 4.69) is 30.4 Å². The lowest BCUT2D eigenvalue weighted by atomic mass is 10.00. The van der Waals surface area contributed by atoms with Crippen LogP contribution in [0.15, 0.2) is 36.4 Å². The predicted molar refractivity (Wildman–Crippen MR) is 88.8 cm³/mol. The maximum atomic E-state index is 6.05. The second-order valence-electron chi connectivity index (χ2n) is 5.78. The number of hydrogen-bond donors (Lipinski definition) is 1. The Balaban J connectivity index is 1.76. The molecule has 1 heterocycles. The highest BCUT2D eigenvalue weighted by Crippen LogP contribution is 2.26. The molecule has 0 atom stereocenters. The van der Waals surface area contributed by atoms with Gasteiger partial charge in [-0.25, -0.2) is 0 Å². The van der Waals surface area contributed by atoms with Gasteiger partial charge in [0.15, 0.2) is 0 Å². The molecule has 0 aromatic heterocycles. The van der Waals surface area contributed by atoms with E-state index in [1.165, 1.54) is 16.7 Å². The third-order valence-corrected chi connectivity index (χ3v) is 4.17. The molecule has 0 radical (unpaired) electrons. The Labute approximate surface area is 132 Å². The van der Waals surface area contributed by atoms with Gasteiger partial charge in [0.05, 0.1) is 7.11 Å². The SMILES string of the molecule is COc1cccc(COc2cc3c(cc2C)CCNCC3)c1.